The number of rotatable bonds is 4. The summed E-state index contributed by atoms with van der Waals surface area (Å²) >= 11 is 8.82. The van der Waals surface area contributed by atoms with Gasteiger partial charge in [-0.25, -0.2) is 4.79 Å². The number of carboxylic acids is 1. The Morgan fingerprint density at radius 3 is 2.69 bits per heavy atom. The van der Waals surface area contributed by atoms with Gasteiger partial charge in [-0.05, 0) is 18.2 Å². The van der Waals surface area contributed by atoms with E-state index < -0.39 is 5.97 Å². The minimum Gasteiger partial charge on any atom is -0.478 e. The highest BCUT2D eigenvalue weighted by Crippen LogP contribution is 2.20. The number of halogens is 2. The van der Waals surface area contributed by atoms with Crippen molar-refractivity contribution in [3.63, 3.8) is 0 Å². The molecule has 0 fully saturated rings. The second kappa shape index (κ2) is 5.86. The van der Waals surface area contributed by atoms with Gasteiger partial charge in [0.15, 0.2) is 0 Å². The maximum atomic E-state index is 11.3. The Labute approximate surface area is 106 Å². The number of carboxylic acid groups (broad SMARTS) is 1. The van der Waals surface area contributed by atoms with Gasteiger partial charge in [0.05, 0.1) is 10.6 Å². The van der Waals surface area contributed by atoms with Crippen molar-refractivity contribution < 1.29 is 14.7 Å². The molecule has 0 aromatic heterocycles. The van der Waals surface area contributed by atoms with E-state index in [-0.39, 0.29) is 16.5 Å². The Morgan fingerprint density at radius 2 is 2.12 bits per heavy atom. The fraction of sp³-hybridized carbons (Fsp3) is 0.200. The van der Waals surface area contributed by atoms with Crippen LogP contribution < -0.4 is 5.32 Å². The number of hydrogen-bond acceptors (Lipinski definition) is 2. The number of carbonyl (C=O) groups is 2. The fourth-order valence-electron chi connectivity index (χ4n) is 1.08. The summed E-state index contributed by atoms with van der Waals surface area (Å²) in [7, 11) is 0. The van der Waals surface area contributed by atoms with E-state index in [4.69, 9.17) is 16.7 Å². The molecular formula is C10H9BrClNO3. The molecule has 0 aliphatic rings. The average Bonchev–Trinajstić information content (AvgIpc) is 2.21. The molecule has 0 heterocycles. The van der Waals surface area contributed by atoms with Crippen molar-refractivity contribution in [1.29, 1.82) is 0 Å². The summed E-state index contributed by atoms with van der Waals surface area (Å²) in [5.74, 6) is -1.31. The van der Waals surface area contributed by atoms with Crippen LogP contribution in [-0.4, -0.2) is 22.3 Å². The molecule has 0 saturated heterocycles. The lowest BCUT2D eigenvalue weighted by Crippen LogP contribution is -2.12. The molecule has 0 aliphatic carbocycles. The molecule has 0 bridgehead atoms. The lowest BCUT2D eigenvalue weighted by Gasteiger charge is -2.06. The monoisotopic (exact) mass is 305 g/mol. The van der Waals surface area contributed by atoms with Crippen molar-refractivity contribution in [3.8, 4) is 0 Å². The van der Waals surface area contributed by atoms with Gasteiger partial charge < -0.3 is 10.4 Å². The molecule has 1 aromatic rings. The van der Waals surface area contributed by atoms with E-state index in [1.165, 1.54) is 12.1 Å². The van der Waals surface area contributed by atoms with E-state index in [2.05, 4.69) is 21.2 Å². The number of hydrogen-bond donors (Lipinski definition) is 2. The smallest absolute Gasteiger partial charge is 0.337 e. The first-order chi connectivity index (χ1) is 7.54. The van der Waals surface area contributed by atoms with Crippen LogP contribution in [0.1, 0.15) is 16.8 Å². The van der Waals surface area contributed by atoms with E-state index >= 15 is 0 Å². The van der Waals surface area contributed by atoms with Crippen molar-refractivity contribution in [2.24, 2.45) is 0 Å². The van der Waals surface area contributed by atoms with Crippen LogP contribution in [0.25, 0.3) is 0 Å². The van der Waals surface area contributed by atoms with Crippen LogP contribution in [0.15, 0.2) is 18.2 Å². The third kappa shape index (κ3) is 3.50. The molecule has 1 aromatic carbocycles. The summed E-state index contributed by atoms with van der Waals surface area (Å²) in [6.45, 7) is 0. The molecule has 0 spiro atoms. The molecule has 0 aliphatic heterocycles. The summed E-state index contributed by atoms with van der Waals surface area (Å²) < 4.78 is 0. The Kier molecular flexibility index (Phi) is 4.76. The maximum absolute atomic E-state index is 11.3. The second-order valence-corrected chi connectivity index (χ2v) is 4.19. The quantitative estimate of drug-likeness (QED) is 0.841. The zero-order chi connectivity index (χ0) is 12.1. The van der Waals surface area contributed by atoms with Crippen molar-refractivity contribution in [3.05, 3.63) is 28.8 Å². The summed E-state index contributed by atoms with van der Waals surface area (Å²) in [5, 5.41) is 12.1. The first-order valence-electron chi connectivity index (χ1n) is 4.43. The molecule has 0 saturated carbocycles. The van der Waals surface area contributed by atoms with E-state index in [0.717, 1.165) is 0 Å². The van der Waals surface area contributed by atoms with E-state index in [9.17, 15) is 9.59 Å². The molecular weight excluding hydrogens is 297 g/mol. The summed E-state index contributed by atoms with van der Waals surface area (Å²) in [4.78, 5) is 22.0. The number of aromatic carboxylic acids is 1. The number of nitrogens with one attached hydrogen (secondary N) is 1. The topological polar surface area (TPSA) is 66.4 Å². The Balaban J connectivity index is 2.87. The molecule has 16 heavy (non-hydrogen) atoms. The first-order valence-corrected chi connectivity index (χ1v) is 5.93. The molecule has 0 unspecified atom stereocenters. The summed E-state index contributed by atoms with van der Waals surface area (Å²) in [6.07, 6.45) is 0.324. The summed E-state index contributed by atoms with van der Waals surface area (Å²) in [6, 6.07) is 4.33. The molecule has 86 valence electrons. The van der Waals surface area contributed by atoms with Crippen LogP contribution in [0.5, 0.6) is 0 Å². The minimum atomic E-state index is -1.12. The minimum absolute atomic E-state index is 0.0293. The highest BCUT2D eigenvalue weighted by atomic mass is 79.9. The number of alkyl halides is 1. The van der Waals surface area contributed by atoms with Crippen LogP contribution in [0.4, 0.5) is 5.69 Å². The molecule has 2 N–H and O–H groups in total. The van der Waals surface area contributed by atoms with Crippen LogP contribution in [0, 0.1) is 0 Å². The number of benzene rings is 1. The van der Waals surface area contributed by atoms with E-state index in [1.807, 2.05) is 0 Å². The molecule has 6 heteroatoms. The normalized spacial score (nSPS) is 9.88. The van der Waals surface area contributed by atoms with Crippen molar-refractivity contribution in [1.82, 2.24) is 0 Å². The van der Waals surface area contributed by atoms with Gasteiger partial charge in [0, 0.05) is 17.4 Å². The Hall–Kier alpha value is -1.07. The lowest BCUT2D eigenvalue weighted by atomic mass is 10.2. The summed E-state index contributed by atoms with van der Waals surface area (Å²) in [5.41, 5.74) is 0.394. The van der Waals surface area contributed by atoms with Gasteiger partial charge >= 0.3 is 5.97 Å². The predicted molar refractivity (Wildman–Crippen MR) is 65.5 cm³/mol. The standard InChI is InChI=1S/C10H9BrClNO3/c11-4-3-9(14)13-6-1-2-8(12)7(5-6)10(15)16/h1-2,5H,3-4H2,(H,13,14)(H,15,16). The van der Waals surface area contributed by atoms with Gasteiger partial charge in [0.1, 0.15) is 0 Å². The van der Waals surface area contributed by atoms with Gasteiger partial charge in [-0.3, -0.25) is 4.79 Å². The molecule has 0 radical (unpaired) electrons. The number of carbonyl (C=O) groups excluding carboxylic acids is 1. The average molecular weight is 307 g/mol. The number of anilines is 1. The predicted octanol–water partition coefficient (Wildman–Crippen LogP) is 2.76. The van der Waals surface area contributed by atoms with Gasteiger partial charge in [-0.15, -0.1) is 0 Å². The largest absolute Gasteiger partial charge is 0.478 e. The zero-order valence-electron chi connectivity index (χ0n) is 8.17. The highest BCUT2D eigenvalue weighted by molar-refractivity contribution is 9.09. The van der Waals surface area contributed by atoms with Crippen LogP contribution in [0.3, 0.4) is 0 Å². The molecule has 1 amide bonds. The zero-order valence-corrected chi connectivity index (χ0v) is 10.5. The van der Waals surface area contributed by atoms with Crippen LogP contribution in [-0.2, 0) is 4.79 Å². The SMILES string of the molecule is O=C(CCBr)Nc1ccc(Cl)c(C(=O)O)c1. The van der Waals surface area contributed by atoms with Crippen LogP contribution in [0.2, 0.25) is 5.02 Å². The third-order valence-electron chi connectivity index (χ3n) is 1.80. The van der Waals surface area contributed by atoms with Gasteiger partial charge in [-0.2, -0.15) is 0 Å². The third-order valence-corrected chi connectivity index (χ3v) is 2.53. The number of amides is 1. The Morgan fingerprint density at radius 1 is 1.44 bits per heavy atom. The fourth-order valence-corrected chi connectivity index (χ4v) is 1.63. The molecule has 1 rings (SSSR count). The van der Waals surface area contributed by atoms with Crippen molar-refractivity contribution in [2.75, 3.05) is 10.6 Å². The molecule has 4 nitrogen and oxygen atoms in total. The van der Waals surface area contributed by atoms with Gasteiger partial charge in [0.2, 0.25) is 5.91 Å². The van der Waals surface area contributed by atoms with E-state index in [1.54, 1.807) is 6.07 Å². The van der Waals surface area contributed by atoms with Crippen molar-refractivity contribution >= 4 is 45.1 Å². The second-order valence-electron chi connectivity index (χ2n) is 2.99. The van der Waals surface area contributed by atoms with Gasteiger partial charge in [-0.1, -0.05) is 27.5 Å². The first kappa shape index (κ1) is 13.0. The van der Waals surface area contributed by atoms with Crippen LogP contribution >= 0.6 is 27.5 Å². The van der Waals surface area contributed by atoms with E-state index in [0.29, 0.717) is 17.4 Å². The lowest BCUT2D eigenvalue weighted by molar-refractivity contribution is -0.115. The maximum Gasteiger partial charge on any atom is 0.337 e. The molecule has 0 atom stereocenters. The van der Waals surface area contributed by atoms with Gasteiger partial charge in [0.25, 0.3) is 0 Å². The van der Waals surface area contributed by atoms with Crippen molar-refractivity contribution in [2.45, 2.75) is 6.42 Å². The highest BCUT2D eigenvalue weighted by Gasteiger charge is 2.10. The Bertz CT molecular complexity index is 423.